The normalized spacial score (nSPS) is 10.3. The number of rotatable bonds is 3. The number of nitrogen functional groups attached to an aromatic ring is 1. The Bertz CT molecular complexity index is 658. The van der Waals surface area contributed by atoms with Gasteiger partial charge < -0.3 is 11.1 Å². The number of nitrogens with one attached hydrogen (secondary N) is 1. The molecule has 0 bridgehead atoms. The zero-order valence-electron chi connectivity index (χ0n) is 11.3. The molecule has 0 saturated heterocycles. The van der Waals surface area contributed by atoms with Gasteiger partial charge in [0, 0.05) is 5.69 Å². The Labute approximate surface area is 122 Å². The van der Waals surface area contributed by atoms with E-state index in [9.17, 15) is 4.79 Å². The molecule has 20 heavy (non-hydrogen) atoms. The van der Waals surface area contributed by atoms with Gasteiger partial charge in [-0.3, -0.25) is 4.79 Å². The number of hydrogen-bond donors (Lipinski definition) is 2. The predicted octanol–water partition coefficient (Wildman–Crippen LogP) is 2.84. The molecule has 2 aromatic rings. The van der Waals surface area contributed by atoms with Gasteiger partial charge in [-0.25, -0.2) is 0 Å². The van der Waals surface area contributed by atoms with E-state index in [0.717, 1.165) is 0 Å². The number of benzene rings is 1. The van der Waals surface area contributed by atoms with Crippen LogP contribution in [-0.4, -0.2) is 16.1 Å². The summed E-state index contributed by atoms with van der Waals surface area (Å²) >= 11 is 5.93. The average Bonchev–Trinajstić information content (AvgIpc) is 2.43. The van der Waals surface area contributed by atoms with Gasteiger partial charge >= 0.3 is 0 Å². The van der Waals surface area contributed by atoms with E-state index in [-0.39, 0.29) is 5.91 Å². The molecule has 1 heterocycles. The second-order valence-corrected chi connectivity index (χ2v) is 4.80. The number of nitrogens with zero attached hydrogens (tertiary/aromatic N) is 2. The first kappa shape index (κ1) is 14.3. The van der Waals surface area contributed by atoms with Crippen molar-refractivity contribution >= 4 is 28.9 Å². The smallest absolute Gasteiger partial charge is 0.257 e. The number of aromatic nitrogens is 2. The molecular formula is C14H15ClN4O. The first-order valence-electron chi connectivity index (χ1n) is 6.21. The van der Waals surface area contributed by atoms with Gasteiger partial charge in [0.2, 0.25) is 0 Å². The van der Waals surface area contributed by atoms with Crippen molar-refractivity contribution in [3.05, 3.63) is 46.2 Å². The number of carbonyl (C=O) groups is 1. The van der Waals surface area contributed by atoms with E-state index < -0.39 is 0 Å². The van der Waals surface area contributed by atoms with Gasteiger partial charge in [0.1, 0.15) is 0 Å². The second-order valence-electron chi connectivity index (χ2n) is 4.39. The molecule has 1 amide bonds. The van der Waals surface area contributed by atoms with Crippen molar-refractivity contribution in [3.63, 3.8) is 0 Å². The summed E-state index contributed by atoms with van der Waals surface area (Å²) in [5, 5.41) is 11.2. The van der Waals surface area contributed by atoms with Crippen LogP contribution in [0.4, 0.5) is 11.4 Å². The largest absolute Gasteiger partial charge is 0.398 e. The Morgan fingerprint density at radius 3 is 2.75 bits per heavy atom. The standard InChI is InChI=1S/C14H15ClN4O/c1-3-13-10(6-8(2)18-19-13)14(20)17-9-4-5-12(16)11(15)7-9/h4-7H,3,16H2,1-2H3,(H,17,20). The molecule has 6 heteroatoms. The number of anilines is 2. The molecular weight excluding hydrogens is 276 g/mol. The first-order chi connectivity index (χ1) is 9.51. The predicted molar refractivity (Wildman–Crippen MR) is 80.0 cm³/mol. The van der Waals surface area contributed by atoms with Crippen LogP contribution < -0.4 is 11.1 Å². The molecule has 1 aromatic carbocycles. The van der Waals surface area contributed by atoms with E-state index in [1.807, 2.05) is 6.92 Å². The van der Waals surface area contributed by atoms with Crippen LogP contribution in [0.5, 0.6) is 0 Å². The van der Waals surface area contributed by atoms with E-state index in [0.29, 0.717) is 39.8 Å². The lowest BCUT2D eigenvalue weighted by Gasteiger charge is -2.09. The lowest BCUT2D eigenvalue weighted by Crippen LogP contribution is -2.16. The summed E-state index contributed by atoms with van der Waals surface area (Å²) in [5.41, 5.74) is 8.57. The third-order valence-corrected chi connectivity index (χ3v) is 3.16. The molecule has 0 aliphatic rings. The van der Waals surface area contributed by atoms with Crippen molar-refractivity contribution < 1.29 is 4.79 Å². The zero-order chi connectivity index (χ0) is 14.7. The van der Waals surface area contributed by atoms with Crippen molar-refractivity contribution in [1.82, 2.24) is 10.2 Å². The highest BCUT2D eigenvalue weighted by Crippen LogP contribution is 2.23. The Morgan fingerprint density at radius 1 is 1.35 bits per heavy atom. The van der Waals surface area contributed by atoms with Crippen LogP contribution in [0.15, 0.2) is 24.3 Å². The molecule has 1 aromatic heterocycles. The average molecular weight is 291 g/mol. The van der Waals surface area contributed by atoms with E-state index >= 15 is 0 Å². The van der Waals surface area contributed by atoms with Crippen LogP contribution in [0.25, 0.3) is 0 Å². The summed E-state index contributed by atoms with van der Waals surface area (Å²) in [7, 11) is 0. The lowest BCUT2D eigenvalue weighted by molar-refractivity contribution is 0.102. The highest BCUT2D eigenvalue weighted by atomic mass is 35.5. The maximum absolute atomic E-state index is 12.3. The molecule has 3 N–H and O–H groups in total. The molecule has 0 radical (unpaired) electrons. The van der Waals surface area contributed by atoms with Gasteiger partial charge in [0.15, 0.2) is 0 Å². The van der Waals surface area contributed by atoms with Gasteiger partial charge in [-0.1, -0.05) is 18.5 Å². The molecule has 0 atom stereocenters. The zero-order valence-corrected chi connectivity index (χ0v) is 12.0. The second kappa shape index (κ2) is 5.88. The third-order valence-electron chi connectivity index (χ3n) is 2.83. The van der Waals surface area contributed by atoms with Crippen molar-refractivity contribution in [2.24, 2.45) is 0 Å². The number of nitrogens with two attached hydrogens (primary N) is 1. The van der Waals surface area contributed by atoms with Crippen LogP contribution in [0, 0.1) is 6.92 Å². The maximum Gasteiger partial charge on any atom is 0.257 e. The van der Waals surface area contributed by atoms with Gasteiger partial charge in [0.05, 0.1) is 27.7 Å². The third kappa shape index (κ3) is 3.05. The number of aryl methyl sites for hydroxylation is 2. The highest BCUT2D eigenvalue weighted by molar-refractivity contribution is 6.33. The first-order valence-corrected chi connectivity index (χ1v) is 6.58. The molecule has 0 spiro atoms. The minimum Gasteiger partial charge on any atom is -0.398 e. The van der Waals surface area contributed by atoms with Crippen molar-refractivity contribution in [1.29, 1.82) is 0 Å². The molecule has 0 fully saturated rings. The number of amides is 1. The number of halogens is 1. The Balaban J connectivity index is 2.27. The van der Waals surface area contributed by atoms with E-state index in [2.05, 4.69) is 15.5 Å². The summed E-state index contributed by atoms with van der Waals surface area (Å²) in [6.07, 6.45) is 0.637. The molecule has 104 valence electrons. The van der Waals surface area contributed by atoms with Crippen LogP contribution in [0.3, 0.4) is 0 Å². The van der Waals surface area contributed by atoms with E-state index in [4.69, 9.17) is 17.3 Å². The number of carbonyl (C=O) groups excluding carboxylic acids is 1. The molecule has 0 saturated carbocycles. The van der Waals surface area contributed by atoms with Gasteiger partial charge in [-0.15, -0.1) is 0 Å². The van der Waals surface area contributed by atoms with Gasteiger partial charge in [0.25, 0.3) is 5.91 Å². The molecule has 0 aliphatic carbocycles. The molecule has 2 rings (SSSR count). The van der Waals surface area contributed by atoms with Crippen molar-refractivity contribution in [2.45, 2.75) is 20.3 Å². The van der Waals surface area contributed by atoms with E-state index in [1.54, 1.807) is 31.2 Å². The molecule has 0 unspecified atom stereocenters. The SMILES string of the molecule is CCc1nnc(C)cc1C(=O)Nc1ccc(N)c(Cl)c1. The summed E-state index contributed by atoms with van der Waals surface area (Å²) in [5.74, 6) is -0.235. The summed E-state index contributed by atoms with van der Waals surface area (Å²) < 4.78 is 0. The molecule has 5 nitrogen and oxygen atoms in total. The van der Waals surface area contributed by atoms with Crippen molar-refractivity contribution in [2.75, 3.05) is 11.1 Å². The molecule has 0 aliphatic heterocycles. The van der Waals surface area contributed by atoms with Gasteiger partial charge in [-0.05, 0) is 37.6 Å². The summed E-state index contributed by atoms with van der Waals surface area (Å²) in [6.45, 7) is 3.72. The fourth-order valence-electron chi connectivity index (χ4n) is 1.78. The lowest BCUT2D eigenvalue weighted by atomic mass is 10.1. The minimum absolute atomic E-state index is 0.235. The van der Waals surface area contributed by atoms with Crippen LogP contribution >= 0.6 is 11.6 Å². The van der Waals surface area contributed by atoms with Crippen LogP contribution in [0.2, 0.25) is 5.02 Å². The van der Waals surface area contributed by atoms with Crippen LogP contribution in [-0.2, 0) is 6.42 Å². The minimum atomic E-state index is -0.235. The quantitative estimate of drug-likeness (QED) is 0.852. The highest BCUT2D eigenvalue weighted by Gasteiger charge is 2.13. The maximum atomic E-state index is 12.3. The summed E-state index contributed by atoms with van der Waals surface area (Å²) in [6, 6.07) is 6.68. The van der Waals surface area contributed by atoms with Crippen LogP contribution in [0.1, 0.15) is 28.7 Å². The Hall–Kier alpha value is -2.14. The summed E-state index contributed by atoms with van der Waals surface area (Å²) in [4.78, 5) is 12.3. The van der Waals surface area contributed by atoms with E-state index in [1.165, 1.54) is 0 Å². The Kier molecular flexibility index (Phi) is 4.20. The van der Waals surface area contributed by atoms with Gasteiger partial charge in [-0.2, -0.15) is 10.2 Å². The van der Waals surface area contributed by atoms with Crippen molar-refractivity contribution in [3.8, 4) is 0 Å². The fourth-order valence-corrected chi connectivity index (χ4v) is 1.96. The topological polar surface area (TPSA) is 80.9 Å². The Morgan fingerprint density at radius 2 is 2.10 bits per heavy atom. The number of hydrogen-bond acceptors (Lipinski definition) is 4. The monoisotopic (exact) mass is 290 g/mol. The fraction of sp³-hybridized carbons (Fsp3) is 0.214.